The molecule has 9 aromatic rings. The van der Waals surface area contributed by atoms with Crippen LogP contribution in [0.3, 0.4) is 0 Å². The summed E-state index contributed by atoms with van der Waals surface area (Å²) in [7, 11) is 0.860. The van der Waals surface area contributed by atoms with Crippen LogP contribution in [-0.4, -0.2) is 11.8 Å². The van der Waals surface area contributed by atoms with Gasteiger partial charge in [0.2, 0.25) is 0 Å². The minimum Gasteiger partial charge on any atom is -0.355 e. The lowest BCUT2D eigenvalue weighted by Crippen LogP contribution is -2.37. The lowest BCUT2D eigenvalue weighted by molar-refractivity contribution is 0.591. The molecule has 2 aliphatic rings. The third kappa shape index (κ3) is 7.60. The summed E-state index contributed by atoms with van der Waals surface area (Å²) in [6.45, 7) is 16.5. The SMILES string of the molecule is CCCCCc1ccc(Nc2cc3c(cc2-c2cc(-c4ccccc4-c4ccccc4)c4c5cc(C(C)(C)C)ccc5n5c4c2Bc2cc(CCCCC)ccc2-5)C(C)(C)c2ccccc2-3)cc1. The summed E-state index contributed by atoms with van der Waals surface area (Å²) >= 11 is 0. The van der Waals surface area contributed by atoms with E-state index in [0.29, 0.717) is 0 Å². The normalized spacial score (nSPS) is 13.3. The van der Waals surface area contributed by atoms with Crippen LogP contribution in [-0.2, 0) is 23.7 Å². The minimum atomic E-state index is -0.165. The van der Waals surface area contributed by atoms with E-state index in [1.165, 1.54) is 149 Å². The number of nitrogens with one attached hydrogen (secondary N) is 1. The van der Waals surface area contributed by atoms with Crippen LogP contribution < -0.4 is 16.2 Å². The van der Waals surface area contributed by atoms with E-state index in [4.69, 9.17) is 0 Å². The Balaban J connectivity index is 1.24. The summed E-state index contributed by atoms with van der Waals surface area (Å²) in [4.78, 5) is 0. The third-order valence-electron chi connectivity index (χ3n) is 15.4. The Hall–Kier alpha value is -6.58. The van der Waals surface area contributed by atoms with Crippen molar-refractivity contribution in [1.82, 2.24) is 4.57 Å². The van der Waals surface area contributed by atoms with Crippen molar-refractivity contribution in [1.29, 1.82) is 0 Å². The predicted octanol–water partition coefficient (Wildman–Crippen LogP) is 16.3. The van der Waals surface area contributed by atoms with Crippen LogP contribution in [0.1, 0.15) is 115 Å². The Labute approximate surface area is 405 Å². The van der Waals surface area contributed by atoms with Crippen molar-refractivity contribution < 1.29 is 0 Å². The van der Waals surface area contributed by atoms with Gasteiger partial charge in [0.15, 0.2) is 7.28 Å². The summed E-state index contributed by atoms with van der Waals surface area (Å²) in [6.07, 6.45) is 9.66. The predicted molar refractivity (Wildman–Crippen MR) is 296 cm³/mol. The number of rotatable bonds is 13. The largest absolute Gasteiger partial charge is 0.355 e. The van der Waals surface area contributed by atoms with Crippen LogP contribution in [0.25, 0.3) is 72.0 Å². The van der Waals surface area contributed by atoms with Gasteiger partial charge in [-0.25, -0.2) is 0 Å². The molecular formula is C65H65BN2. The summed E-state index contributed by atoms with van der Waals surface area (Å²) in [5, 5.41) is 6.74. The summed E-state index contributed by atoms with van der Waals surface area (Å²) < 4.78 is 2.65. The van der Waals surface area contributed by atoms with E-state index in [1.54, 1.807) is 0 Å². The smallest absolute Gasteiger partial charge is 0.198 e. The number of nitrogens with zero attached hydrogens (tertiary/aromatic N) is 1. The molecule has 0 fully saturated rings. The lowest BCUT2D eigenvalue weighted by atomic mass is 9.58. The maximum Gasteiger partial charge on any atom is 0.198 e. The quantitative estimate of drug-likeness (QED) is 0.0902. The van der Waals surface area contributed by atoms with E-state index in [-0.39, 0.29) is 10.8 Å². The highest BCUT2D eigenvalue weighted by Crippen LogP contribution is 2.53. The molecule has 68 heavy (non-hydrogen) atoms. The Morgan fingerprint density at radius 1 is 0.544 bits per heavy atom. The van der Waals surface area contributed by atoms with Crippen LogP contribution >= 0.6 is 0 Å². The van der Waals surface area contributed by atoms with Crippen LogP contribution in [0.15, 0.2) is 158 Å². The number of unbranched alkanes of at least 4 members (excludes halogenated alkanes) is 4. The van der Waals surface area contributed by atoms with E-state index in [0.717, 1.165) is 31.5 Å². The summed E-state index contributed by atoms with van der Waals surface area (Å²) in [6, 6.07) is 60.8. The lowest BCUT2D eigenvalue weighted by Gasteiger charge is -2.27. The number of aromatic nitrogens is 1. The zero-order valence-electron chi connectivity index (χ0n) is 41.3. The number of aryl methyl sites for hydroxylation is 2. The van der Waals surface area contributed by atoms with E-state index in [9.17, 15) is 0 Å². The summed E-state index contributed by atoms with van der Waals surface area (Å²) in [5.41, 5.74) is 26.0. The molecule has 0 bridgehead atoms. The first-order chi connectivity index (χ1) is 33.0. The maximum atomic E-state index is 4.08. The molecule has 0 saturated carbocycles. The Morgan fingerprint density at radius 2 is 1.22 bits per heavy atom. The van der Waals surface area contributed by atoms with Crippen molar-refractivity contribution in [2.45, 2.75) is 111 Å². The van der Waals surface area contributed by atoms with Gasteiger partial charge in [-0.2, -0.15) is 0 Å². The van der Waals surface area contributed by atoms with Crippen LogP contribution in [0.5, 0.6) is 0 Å². The zero-order valence-corrected chi connectivity index (χ0v) is 41.3. The van der Waals surface area contributed by atoms with Gasteiger partial charge >= 0.3 is 0 Å². The molecule has 8 aromatic carbocycles. The van der Waals surface area contributed by atoms with Gasteiger partial charge < -0.3 is 9.88 Å². The first-order valence-corrected chi connectivity index (χ1v) is 25.6. The number of hydrogen-bond donors (Lipinski definition) is 1. The molecule has 0 unspecified atom stereocenters. The van der Waals surface area contributed by atoms with Crippen LogP contribution in [0.2, 0.25) is 0 Å². The fraction of sp³-hybridized carbons (Fsp3) is 0.262. The third-order valence-corrected chi connectivity index (χ3v) is 15.4. The average molecular weight is 885 g/mol. The van der Waals surface area contributed by atoms with E-state index in [1.807, 2.05) is 0 Å². The first-order valence-electron chi connectivity index (χ1n) is 25.6. The Bertz CT molecular complexity index is 3360. The molecule has 2 nitrogen and oxygen atoms in total. The molecule has 0 spiro atoms. The highest BCUT2D eigenvalue weighted by molar-refractivity contribution is 6.73. The van der Waals surface area contributed by atoms with E-state index in [2.05, 4.69) is 216 Å². The van der Waals surface area contributed by atoms with Gasteiger partial charge in [-0.3, -0.25) is 0 Å². The fourth-order valence-corrected chi connectivity index (χ4v) is 11.7. The van der Waals surface area contributed by atoms with Crippen molar-refractivity contribution in [3.63, 3.8) is 0 Å². The van der Waals surface area contributed by atoms with Crippen molar-refractivity contribution in [2.24, 2.45) is 0 Å². The molecule has 3 heteroatoms. The highest BCUT2D eigenvalue weighted by atomic mass is 15.0. The number of anilines is 2. The average Bonchev–Trinajstić information content (AvgIpc) is 3.81. The molecule has 0 amide bonds. The van der Waals surface area contributed by atoms with Gasteiger partial charge in [0.1, 0.15) is 0 Å². The maximum absolute atomic E-state index is 4.08. The monoisotopic (exact) mass is 885 g/mol. The topological polar surface area (TPSA) is 17.0 Å². The second-order valence-electron chi connectivity index (χ2n) is 21.4. The Kier molecular flexibility index (Phi) is 11.3. The molecular weight excluding hydrogens is 820 g/mol. The molecule has 11 rings (SSSR count). The van der Waals surface area contributed by atoms with Crippen molar-refractivity contribution in [3.05, 3.63) is 186 Å². The van der Waals surface area contributed by atoms with Crippen molar-refractivity contribution in [3.8, 4) is 50.2 Å². The number of hydrogen-bond acceptors (Lipinski definition) is 1. The van der Waals surface area contributed by atoms with Crippen molar-refractivity contribution in [2.75, 3.05) is 5.32 Å². The van der Waals surface area contributed by atoms with Gasteiger partial charge in [0.25, 0.3) is 0 Å². The standard InChI is InChI=1S/C65H65BN2/c1-8-10-13-21-42-29-33-46(34-30-42)67-58-41-50-49-27-19-20-28-55(49)65(6,7)56(50)40-51(58)53-39-52(48-26-18-17-25-47(48)44-23-15-12-16-24-44)61-54-38-45(64(3,4)5)32-36-59(54)68-60-35-31-43(22-14-11-9-2)37-57(60)66-62(53)63(61)68/h12,15-20,23-41,66-67H,8-11,13-14,21-22H2,1-7H3. The molecule has 1 aliphatic carbocycles. The minimum absolute atomic E-state index is 0.0119. The summed E-state index contributed by atoms with van der Waals surface area (Å²) in [5.74, 6) is 0. The van der Waals surface area contributed by atoms with Gasteiger partial charge in [-0.05, 0) is 152 Å². The molecule has 1 aromatic heterocycles. The van der Waals surface area contributed by atoms with E-state index >= 15 is 0 Å². The van der Waals surface area contributed by atoms with Gasteiger partial charge in [-0.15, -0.1) is 0 Å². The zero-order chi connectivity index (χ0) is 46.7. The van der Waals surface area contributed by atoms with Crippen LogP contribution in [0, 0.1) is 0 Å². The number of fused-ring (bicyclic) bond motifs is 8. The highest BCUT2D eigenvalue weighted by Gasteiger charge is 2.37. The molecule has 0 atom stereocenters. The second kappa shape index (κ2) is 17.5. The van der Waals surface area contributed by atoms with Gasteiger partial charge in [0, 0.05) is 44.3 Å². The van der Waals surface area contributed by atoms with Gasteiger partial charge in [0.05, 0.1) is 5.52 Å². The number of benzene rings is 8. The van der Waals surface area contributed by atoms with E-state index < -0.39 is 0 Å². The fourth-order valence-electron chi connectivity index (χ4n) is 11.7. The first kappa shape index (κ1) is 44.0. The Morgan fingerprint density at radius 3 is 1.96 bits per heavy atom. The second-order valence-corrected chi connectivity index (χ2v) is 21.4. The van der Waals surface area contributed by atoms with Crippen LogP contribution in [0.4, 0.5) is 11.4 Å². The van der Waals surface area contributed by atoms with Crippen molar-refractivity contribution >= 4 is 51.4 Å². The molecule has 338 valence electrons. The van der Waals surface area contributed by atoms with Gasteiger partial charge in [-0.1, -0.05) is 189 Å². The molecule has 0 saturated heterocycles. The molecule has 1 N–H and O–H groups in total. The molecule has 0 radical (unpaired) electrons. The molecule has 1 aliphatic heterocycles. The molecule has 2 heterocycles.